The number of amides is 2. The standard InChI is InChI=1S/C29H35N3O2/c1-20(2)25-12-9-13-26(21(3)4)28(25)32-29(33)31-19-27(23-10-7-6-8-11-23)30-18-22-14-16-24(34-5)17-15-22/h6-18,20-21,27H,19H2,1-5H3,(H2,31,32,33)/t27-/m1/s1. The van der Waals surface area contributed by atoms with Gasteiger partial charge in [0.15, 0.2) is 0 Å². The predicted octanol–water partition coefficient (Wildman–Crippen LogP) is 6.92. The van der Waals surface area contributed by atoms with Crippen LogP contribution in [-0.4, -0.2) is 25.9 Å². The first-order valence-electron chi connectivity index (χ1n) is 11.8. The van der Waals surface area contributed by atoms with E-state index in [2.05, 4.69) is 56.5 Å². The highest BCUT2D eigenvalue weighted by Gasteiger charge is 2.17. The van der Waals surface area contributed by atoms with Crippen molar-refractivity contribution in [2.24, 2.45) is 4.99 Å². The molecule has 3 aromatic rings. The largest absolute Gasteiger partial charge is 0.497 e. The predicted molar refractivity (Wildman–Crippen MR) is 141 cm³/mol. The minimum Gasteiger partial charge on any atom is -0.497 e. The average Bonchev–Trinajstić information content (AvgIpc) is 2.84. The lowest BCUT2D eigenvalue weighted by atomic mass is 9.93. The second-order valence-electron chi connectivity index (χ2n) is 8.93. The van der Waals surface area contributed by atoms with Crippen molar-refractivity contribution in [3.05, 3.63) is 95.1 Å². The minimum atomic E-state index is -0.226. The monoisotopic (exact) mass is 457 g/mol. The van der Waals surface area contributed by atoms with Gasteiger partial charge in [0, 0.05) is 18.4 Å². The fourth-order valence-electron chi connectivity index (χ4n) is 3.84. The number of aliphatic imine (C=N–C) groups is 1. The van der Waals surface area contributed by atoms with Gasteiger partial charge in [-0.05, 0) is 58.4 Å². The first kappa shape index (κ1) is 25.0. The molecule has 3 aromatic carbocycles. The summed E-state index contributed by atoms with van der Waals surface area (Å²) in [4.78, 5) is 17.7. The summed E-state index contributed by atoms with van der Waals surface area (Å²) in [6.45, 7) is 8.94. The summed E-state index contributed by atoms with van der Waals surface area (Å²) >= 11 is 0. The molecule has 0 aliphatic heterocycles. The van der Waals surface area contributed by atoms with Crippen LogP contribution in [-0.2, 0) is 0 Å². The third kappa shape index (κ3) is 6.70. The Morgan fingerprint density at radius 2 is 1.50 bits per heavy atom. The number of methoxy groups -OCH3 is 1. The van der Waals surface area contributed by atoms with E-state index in [1.165, 1.54) is 0 Å². The van der Waals surface area contributed by atoms with E-state index in [1.54, 1.807) is 7.11 Å². The van der Waals surface area contributed by atoms with Crippen molar-refractivity contribution < 1.29 is 9.53 Å². The highest BCUT2D eigenvalue weighted by molar-refractivity contribution is 5.91. The Bertz CT molecular complexity index is 1060. The normalized spacial score (nSPS) is 12.2. The summed E-state index contributed by atoms with van der Waals surface area (Å²) in [5.74, 6) is 1.41. The second kappa shape index (κ2) is 12.0. The van der Waals surface area contributed by atoms with E-state index in [0.29, 0.717) is 18.4 Å². The Hall–Kier alpha value is -3.60. The Labute approximate surface area is 203 Å². The van der Waals surface area contributed by atoms with Gasteiger partial charge in [-0.25, -0.2) is 4.79 Å². The number of ether oxygens (including phenoxy) is 1. The van der Waals surface area contributed by atoms with Crippen LogP contribution < -0.4 is 15.4 Å². The molecule has 0 aliphatic carbocycles. The van der Waals surface area contributed by atoms with Gasteiger partial charge in [0.2, 0.25) is 0 Å². The van der Waals surface area contributed by atoms with E-state index in [-0.39, 0.29) is 12.1 Å². The van der Waals surface area contributed by atoms with E-state index >= 15 is 0 Å². The van der Waals surface area contributed by atoms with Crippen molar-refractivity contribution in [2.75, 3.05) is 19.0 Å². The summed E-state index contributed by atoms with van der Waals surface area (Å²) in [6.07, 6.45) is 1.83. The first-order chi connectivity index (χ1) is 16.4. The maximum atomic E-state index is 13.0. The van der Waals surface area contributed by atoms with Gasteiger partial charge in [0.05, 0.1) is 13.2 Å². The van der Waals surface area contributed by atoms with Crippen LogP contribution in [0.4, 0.5) is 10.5 Å². The molecule has 178 valence electrons. The van der Waals surface area contributed by atoms with Crippen LogP contribution in [0.3, 0.4) is 0 Å². The van der Waals surface area contributed by atoms with Gasteiger partial charge in [-0.15, -0.1) is 0 Å². The van der Waals surface area contributed by atoms with E-state index in [1.807, 2.05) is 60.8 Å². The maximum absolute atomic E-state index is 13.0. The lowest BCUT2D eigenvalue weighted by Crippen LogP contribution is -2.33. The molecule has 34 heavy (non-hydrogen) atoms. The van der Waals surface area contributed by atoms with Crippen LogP contribution in [0.2, 0.25) is 0 Å². The van der Waals surface area contributed by atoms with Crippen molar-refractivity contribution in [2.45, 2.75) is 45.6 Å². The SMILES string of the molecule is COc1ccc(C=N[C@H](CNC(=O)Nc2c(C(C)C)cccc2C(C)C)c2ccccc2)cc1. The number of anilines is 1. The van der Waals surface area contributed by atoms with E-state index in [0.717, 1.165) is 33.7 Å². The molecule has 5 heteroatoms. The summed E-state index contributed by atoms with van der Waals surface area (Å²) in [6, 6.07) is 23.5. The van der Waals surface area contributed by atoms with Gasteiger partial charge < -0.3 is 15.4 Å². The lowest BCUT2D eigenvalue weighted by Gasteiger charge is -2.21. The summed E-state index contributed by atoms with van der Waals surface area (Å²) < 4.78 is 5.22. The molecule has 3 rings (SSSR count). The maximum Gasteiger partial charge on any atom is 0.319 e. The van der Waals surface area contributed by atoms with Crippen molar-refractivity contribution in [3.63, 3.8) is 0 Å². The van der Waals surface area contributed by atoms with Gasteiger partial charge in [-0.2, -0.15) is 0 Å². The van der Waals surface area contributed by atoms with E-state index < -0.39 is 0 Å². The molecule has 2 amide bonds. The lowest BCUT2D eigenvalue weighted by molar-refractivity contribution is 0.251. The van der Waals surface area contributed by atoms with Crippen molar-refractivity contribution in [3.8, 4) is 5.75 Å². The summed E-state index contributed by atoms with van der Waals surface area (Å²) in [7, 11) is 1.65. The molecule has 0 bridgehead atoms. The number of benzene rings is 3. The third-order valence-electron chi connectivity index (χ3n) is 5.77. The Morgan fingerprint density at radius 3 is 2.06 bits per heavy atom. The van der Waals surface area contributed by atoms with Crippen molar-refractivity contribution >= 4 is 17.9 Å². The molecule has 2 N–H and O–H groups in total. The van der Waals surface area contributed by atoms with Crippen LogP contribution >= 0.6 is 0 Å². The van der Waals surface area contributed by atoms with Crippen LogP contribution in [0.25, 0.3) is 0 Å². The average molecular weight is 458 g/mol. The number of rotatable bonds is 9. The summed E-state index contributed by atoms with van der Waals surface area (Å²) in [5.41, 5.74) is 5.19. The zero-order valence-electron chi connectivity index (χ0n) is 20.7. The molecule has 0 saturated carbocycles. The zero-order valence-corrected chi connectivity index (χ0v) is 20.7. The van der Waals surface area contributed by atoms with Crippen LogP contribution in [0, 0.1) is 0 Å². The van der Waals surface area contributed by atoms with E-state index in [4.69, 9.17) is 9.73 Å². The van der Waals surface area contributed by atoms with Crippen molar-refractivity contribution in [1.82, 2.24) is 5.32 Å². The van der Waals surface area contributed by atoms with Gasteiger partial charge in [0.25, 0.3) is 0 Å². The Balaban J connectivity index is 1.75. The number of nitrogens with one attached hydrogen (secondary N) is 2. The number of urea groups is 1. The molecular weight excluding hydrogens is 422 g/mol. The molecule has 0 spiro atoms. The number of carbonyl (C=O) groups is 1. The number of hydrogen-bond acceptors (Lipinski definition) is 3. The smallest absolute Gasteiger partial charge is 0.319 e. The first-order valence-corrected chi connectivity index (χ1v) is 11.8. The van der Waals surface area contributed by atoms with Crippen LogP contribution in [0.1, 0.15) is 67.8 Å². The number of carbonyl (C=O) groups excluding carboxylic acids is 1. The molecular formula is C29H35N3O2. The molecule has 0 saturated heterocycles. The fourth-order valence-corrected chi connectivity index (χ4v) is 3.84. The number of para-hydroxylation sites is 1. The highest BCUT2D eigenvalue weighted by atomic mass is 16.5. The minimum absolute atomic E-state index is 0.209. The quantitative estimate of drug-likeness (QED) is 0.342. The molecule has 0 unspecified atom stereocenters. The van der Waals surface area contributed by atoms with Gasteiger partial charge in [-0.1, -0.05) is 76.2 Å². The van der Waals surface area contributed by atoms with Gasteiger partial charge in [0.1, 0.15) is 5.75 Å². The topological polar surface area (TPSA) is 62.7 Å². The van der Waals surface area contributed by atoms with Crippen molar-refractivity contribution in [1.29, 1.82) is 0 Å². The second-order valence-corrected chi connectivity index (χ2v) is 8.93. The molecule has 5 nitrogen and oxygen atoms in total. The Kier molecular flexibility index (Phi) is 8.86. The van der Waals surface area contributed by atoms with Gasteiger partial charge >= 0.3 is 6.03 Å². The van der Waals surface area contributed by atoms with Gasteiger partial charge in [-0.3, -0.25) is 4.99 Å². The van der Waals surface area contributed by atoms with Crippen LogP contribution in [0.5, 0.6) is 5.75 Å². The van der Waals surface area contributed by atoms with Crippen LogP contribution in [0.15, 0.2) is 77.8 Å². The molecule has 0 radical (unpaired) electrons. The fraction of sp³-hybridized carbons (Fsp3) is 0.310. The molecule has 0 fully saturated rings. The van der Waals surface area contributed by atoms with E-state index in [9.17, 15) is 4.79 Å². The zero-order chi connectivity index (χ0) is 24.5. The Morgan fingerprint density at radius 1 is 0.882 bits per heavy atom. The number of nitrogens with zero attached hydrogens (tertiary/aromatic N) is 1. The third-order valence-corrected chi connectivity index (χ3v) is 5.77. The molecule has 0 heterocycles. The molecule has 1 atom stereocenters. The summed E-state index contributed by atoms with van der Waals surface area (Å²) in [5, 5.41) is 6.15. The molecule has 0 aliphatic rings. The highest BCUT2D eigenvalue weighted by Crippen LogP contribution is 2.32. The molecule has 0 aromatic heterocycles. The number of hydrogen-bond donors (Lipinski definition) is 2.